The molecule has 2 aromatic carbocycles. The molecule has 2 atom stereocenters. The van der Waals surface area contributed by atoms with E-state index in [1.54, 1.807) is 19.2 Å². The van der Waals surface area contributed by atoms with E-state index in [1.165, 1.54) is 6.07 Å². The van der Waals surface area contributed by atoms with Gasteiger partial charge >= 0.3 is 0 Å². The van der Waals surface area contributed by atoms with Gasteiger partial charge < -0.3 is 14.7 Å². The Morgan fingerprint density at radius 1 is 1.25 bits per heavy atom. The summed E-state index contributed by atoms with van der Waals surface area (Å²) in [7, 11) is 5.64. The molecule has 0 saturated heterocycles. The van der Waals surface area contributed by atoms with E-state index in [0.717, 1.165) is 42.7 Å². The quantitative estimate of drug-likeness (QED) is 0.752. The van der Waals surface area contributed by atoms with E-state index in [9.17, 15) is 9.50 Å². The first kappa shape index (κ1) is 20.8. The van der Waals surface area contributed by atoms with E-state index in [1.807, 2.05) is 44.4 Å². The molecular weight excluding hydrogens is 377 g/mol. The smallest absolute Gasteiger partial charge is 0.141 e. The molecule has 0 amide bonds. The summed E-state index contributed by atoms with van der Waals surface area (Å²) in [5, 5.41) is 12.0. The number of halogens is 2. The molecule has 3 nitrogen and oxygen atoms in total. The van der Waals surface area contributed by atoms with Crippen LogP contribution in [0.5, 0.6) is 5.75 Å². The van der Waals surface area contributed by atoms with Gasteiger partial charge in [-0.05, 0) is 74.3 Å². The van der Waals surface area contributed by atoms with Gasteiger partial charge in [-0.1, -0.05) is 35.9 Å². The minimum absolute atomic E-state index is 0.0118. The first-order chi connectivity index (χ1) is 13.3. The third-order valence-electron chi connectivity index (χ3n) is 5.48. The highest BCUT2D eigenvalue weighted by atomic mass is 35.5. The van der Waals surface area contributed by atoms with Crippen LogP contribution in [0, 0.1) is 11.7 Å². The zero-order valence-corrected chi connectivity index (χ0v) is 17.3. The first-order valence-electron chi connectivity index (χ1n) is 9.52. The Morgan fingerprint density at radius 2 is 1.96 bits per heavy atom. The van der Waals surface area contributed by atoms with Crippen molar-refractivity contribution in [2.75, 3.05) is 27.7 Å². The van der Waals surface area contributed by atoms with Crippen molar-refractivity contribution in [3.05, 3.63) is 70.0 Å². The fraction of sp³-hybridized carbons (Fsp3) is 0.391. The fourth-order valence-electron chi connectivity index (χ4n) is 4.10. The average Bonchev–Trinajstić information content (AvgIpc) is 2.67. The lowest BCUT2D eigenvalue weighted by atomic mass is 9.67. The number of aliphatic hydroxyl groups is 1. The Labute approximate surface area is 171 Å². The van der Waals surface area contributed by atoms with E-state index in [4.69, 9.17) is 16.3 Å². The standard InChI is InChI=1S/C23H27ClFNO2/c1-26(2)15-19-6-4-5-17(13-16-7-10-20(28-3)11-8-16)23(19,27)18-9-12-22(25)21(24)14-18/h7-14,19,27H,4-6,15H2,1-3H3. The molecule has 2 unspecified atom stereocenters. The van der Waals surface area contributed by atoms with Gasteiger partial charge in [0, 0.05) is 12.5 Å². The van der Waals surface area contributed by atoms with Crippen LogP contribution < -0.4 is 4.74 Å². The Hall–Kier alpha value is -1.88. The molecule has 0 aromatic heterocycles. The summed E-state index contributed by atoms with van der Waals surface area (Å²) in [6, 6.07) is 12.3. The van der Waals surface area contributed by atoms with Crippen LogP contribution in [-0.2, 0) is 5.60 Å². The molecule has 150 valence electrons. The van der Waals surface area contributed by atoms with Gasteiger partial charge in [0.2, 0.25) is 0 Å². The molecule has 0 aliphatic heterocycles. The molecular formula is C23H27ClFNO2. The summed E-state index contributed by atoms with van der Waals surface area (Å²) in [5.41, 5.74) is 1.37. The van der Waals surface area contributed by atoms with Crippen molar-refractivity contribution in [3.63, 3.8) is 0 Å². The van der Waals surface area contributed by atoms with Gasteiger partial charge in [-0.3, -0.25) is 0 Å². The highest BCUT2D eigenvalue weighted by Crippen LogP contribution is 2.47. The maximum Gasteiger partial charge on any atom is 0.141 e. The summed E-state index contributed by atoms with van der Waals surface area (Å²) < 4.78 is 19.0. The number of rotatable bonds is 5. The Bertz CT molecular complexity index is 850. The molecule has 1 saturated carbocycles. The van der Waals surface area contributed by atoms with Crippen molar-refractivity contribution in [2.24, 2.45) is 5.92 Å². The summed E-state index contributed by atoms with van der Waals surface area (Å²) in [6.07, 6.45) is 4.71. The molecule has 5 heteroatoms. The Morgan fingerprint density at radius 3 is 2.57 bits per heavy atom. The van der Waals surface area contributed by atoms with E-state index in [2.05, 4.69) is 4.90 Å². The third kappa shape index (κ3) is 4.24. The minimum Gasteiger partial charge on any atom is -0.497 e. The first-order valence-corrected chi connectivity index (χ1v) is 9.90. The summed E-state index contributed by atoms with van der Waals surface area (Å²) in [4.78, 5) is 2.08. The van der Waals surface area contributed by atoms with Crippen LogP contribution in [0.2, 0.25) is 5.02 Å². The number of methoxy groups -OCH3 is 1. The van der Waals surface area contributed by atoms with Crippen molar-refractivity contribution < 1.29 is 14.2 Å². The van der Waals surface area contributed by atoms with Crippen LogP contribution in [0.1, 0.15) is 30.4 Å². The Balaban J connectivity index is 2.09. The van der Waals surface area contributed by atoms with Gasteiger partial charge in [0.15, 0.2) is 0 Å². The lowest BCUT2D eigenvalue weighted by molar-refractivity contribution is -0.0174. The van der Waals surface area contributed by atoms with Gasteiger partial charge in [0.1, 0.15) is 17.2 Å². The normalized spacial score (nSPS) is 24.0. The van der Waals surface area contributed by atoms with E-state index in [0.29, 0.717) is 5.56 Å². The van der Waals surface area contributed by atoms with E-state index < -0.39 is 11.4 Å². The number of benzene rings is 2. The summed E-state index contributed by atoms with van der Waals surface area (Å²) in [5.74, 6) is 0.300. The fourth-order valence-corrected chi connectivity index (χ4v) is 4.28. The molecule has 0 spiro atoms. The largest absolute Gasteiger partial charge is 0.497 e. The second-order valence-electron chi connectivity index (χ2n) is 7.69. The van der Waals surface area contributed by atoms with Gasteiger partial charge in [0.25, 0.3) is 0 Å². The molecule has 0 radical (unpaired) electrons. The average molecular weight is 404 g/mol. The molecule has 0 bridgehead atoms. The lowest BCUT2D eigenvalue weighted by Gasteiger charge is -2.44. The van der Waals surface area contributed by atoms with Crippen LogP contribution in [-0.4, -0.2) is 37.8 Å². The van der Waals surface area contributed by atoms with Gasteiger partial charge in [-0.2, -0.15) is 0 Å². The zero-order chi connectivity index (χ0) is 20.3. The van der Waals surface area contributed by atoms with Crippen LogP contribution in [0.15, 0.2) is 48.0 Å². The third-order valence-corrected chi connectivity index (χ3v) is 5.77. The SMILES string of the molecule is COc1ccc(C=C2CCCC(CN(C)C)C2(O)c2ccc(F)c(Cl)c2)cc1. The van der Waals surface area contributed by atoms with Crippen molar-refractivity contribution >= 4 is 17.7 Å². The molecule has 1 aliphatic carbocycles. The van der Waals surface area contributed by atoms with Crippen LogP contribution in [0.3, 0.4) is 0 Å². The van der Waals surface area contributed by atoms with Crippen LogP contribution >= 0.6 is 11.6 Å². The van der Waals surface area contributed by atoms with Crippen LogP contribution in [0.4, 0.5) is 4.39 Å². The van der Waals surface area contributed by atoms with Gasteiger partial charge in [0.05, 0.1) is 12.1 Å². The number of nitrogens with zero attached hydrogens (tertiary/aromatic N) is 1. The number of ether oxygens (including phenoxy) is 1. The lowest BCUT2D eigenvalue weighted by Crippen LogP contribution is -2.44. The monoisotopic (exact) mass is 403 g/mol. The topological polar surface area (TPSA) is 32.7 Å². The zero-order valence-electron chi connectivity index (χ0n) is 16.6. The van der Waals surface area contributed by atoms with E-state index in [-0.39, 0.29) is 10.9 Å². The van der Waals surface area contributed by atoms with Crippen molar-refractivity contribution in [1.29, 1.82) is 0 Å². The maximum absolute atomic E-state index is 13.8. The predicted molar refractivity (Wildman–Crippen MR) is 112 cm³/mol. The van der Waals surface area contributed by atoms with Crippen molar-refractivity contribution in [2.45, 2.75) is 24.9 Å². The second kappa shape index (κ2) is 8.64. The molecule has 28 heavy (non-hydrogen) atoms. The minimum atomic E-state index is -1.19. The van der Waals surface area contributed by atoms with E-state index >= 15 is 0 Å². The molecule has 2 aromatic rings. The van der Waals surface area contributed by atoms with Gasteiger partial charge in [-0.25, -0.2) is 4.39 Å². The molecule has 1 fully saturated rings. The second-order valence-corrected chi connectivity index (χ2v) is 8.10. The molecule has 1 aliphatic rings. The molecule has 3 rings (SSSR count). The number of hydrogen-bond acceptors (Lipinski definition) is 3. The van der Waals surface area contributed by atoms with Crippen LogP contribution in [0.25, 0.3) is 6.08 Å². The molecule has 1 N–H and O–H groups in total. The van der Waals surface area contributed by atoms with Crippen molar-refractivity contribution in [1.82, 2.24) is 4.90 Å². The highest BCUT2D eigenvalue weighted by molar-refractivity contribution is 6.30. The number of hydrogen-bond donors (Lipinski definition) is 1. The summed E-state index contributed by atoms with van der Waals surface area (Å²) in [6.45, 7) is 0.728. The molecule has 0 heterocycles. The van der Waals surface area contributed by atoms with Crippen molar-refractivity contribution in [3.8, 4) is 5.75 Å². The Kier molecular flexibility index (Phi) is 6.43. The maximum atomic E-state index is 13.8. The summed E-state index contributed by atoms with van der Waals surface area (Å²) >= 11 is 6.06. The predicted octanol–water partition coefficient (Wildman–Crippen LogP) is 5.12. The van der Waals surface area contributed by atoms with Gasteiger partial charge in [-0.15, -0.1) is 0 Å². The highest BCUT2D eigenvalue weighted by Gasteiger charge is 2.44.